The van der Waals surface area contributed by atoms with Crippen LogP contribution < -0.4 is 14.4 Å². The lowest BCUT2D eigenvalue weighted by Crippen LogP contribution is -2.58. The lowest BCUT2D eigenvalue weighted by Gasteiger charge is -2.52. The summed E-state index contributed by atoms with van der Waals surface area (Å²) in [4.78, 5) is 21.4. The predicted octanol–water partition coefficient (Wildman–Crippen LogP) is 5.94. The van der Waals surface area contributed by atoms with Crippen molar-refractivity contribution in [3.63, 3.8) is 0 Å². The number of rotatable bonds is 3. The summed E-state index contributed by atoms with van der Waals surface area (Å²) in [6, 6.07) is 12.6. The number of ether oxygens (including phenoxy) is 2. The third-order valence-electron chi connectivity index (χ3n) is 14.4. The minimum atomic E-state index is -2.95. The number of piperidine rings is 1. The van der Waals surface area contributed by atoms with Gasteiger partial charge in [-0.05, 0) is 143 Å². The molecule has 2 aromatic rings. The Hall–Kier alpha value is -2.34. The number of aryl methyl sites for hydroxylation is 1. The van der Waals surface area contributed by atoms with E-state index in [0.717, 1.165) is 127 Å². The number of aliphatic hydroxyl groups is 1. The molecule has 54 heavy (non-hydrogen) atoms. The quantitative estimate of drug-likeness (QED) is 0.371. The molecule has 11 heteroatoms. The smallest absolute Gasteiger partial charge is 0.262 e. The van der Waals surface area contributed by atoms with E-state index in [2.05, 4.69) is 44.3 Å². The normalized spacial score (nSPS) is 35.9. The average Bonchev–Trinajstić information content (AvgIpc) is 3.29. The molecule has 1 amide bonds. The van der Waals surface area contributed by atoms with E-state index in [4.69, 9.17) is 21.1 Å². The number of morpholine rings is 1. The number of anilines is 1. The number of fused-ring (bicyclic) bond motifs is 4. The van der Waals surface area contributed by atoms with Gasteiger partial charge in [0.2, 0.25) is 0 Å². The number of nitrogens with zero attached hydrogens (tertiary/aromatic N) is 3. The molecule has 8 rings (SSSR count). The zero-order chi connectivity index (χ0) is 37.7. The SMILES string of the molecule is C=S1(=O)NC(=O)c2ccc3c(c2)N(C[C@@H]2CC[C@H]2[C@](O)(CN2CCC(N4CCOCC4)CC2)CCC[C@H](C)[C@H]1C)C[C@@]1(CCCc2cc(Cl)ccc21)CO3. The molecule has 2 saturated heterocycles. The molecule has 1 saturated carbocycles. The number of amides is 1. The Kier molecular flexibility index (Phi) is 11.1. The highest BCUT2D eigenvalue weighted by molar-refractivity contribution is 7.99. The third-order valence-corrected chi connectivity index (χ3v) is 16.8. The molecule has 4 heterocycles. The fraction of sp³-hybridized carbons (Fsp3) is 0.674. The molecule has 0 radical (unpaired) electrons. The summed E-state index contributed by atoms with van der Waals surface area (Å²) in [5.74, 6) is 5.00. The van der Waals surface area contributed by atoms with Gasteiger partial charge in [-0.3, -0.25) is 14.4 Å². The number of hydrogen-bond acceptors (Lipinski definition) is 8. The van der Waals surface area contributed by atoms with Crippen LogP contribution >= 0.6 is 11.6 Å². The summed E-state index contributed by atoms with van der Waals surface area (Å²) in [7, 11) is -2.95. The van der Waals surface area contributed by atoms with Gasteiger partial charge in [-0.15, -0.1) is 0 Å². The molecular formula is C43H61ClN4O5S. The minimum Gasteiger partial charge on any atom is -0.490 e. The molecule has 6 aliphatic rings. The van der Waals surface area contributed by atoms with Crippen LogP contribution in [0.5, 0.6) is 5.75 Å². The van der Waals surface area contributed by atoms with E-state index in [1.807, 2.05) is 25.1 Å². The van der Waals surface area contributed by atoms with Gasteiger partial charge in [-0.25, -0.2) is 4.21 Å². The van der Waals surface area contributed by atoms with Crippen molar-refractivity contribution in [1.82, 2.24) is 14.5 Å². The highest BCUT2D eigenvalue weighted by atomic mass is 35.5. The second kappa shape index (κ2) is 15.5. The van der Waals surface area contributed by atoms with Gasteiger partial charge in [-0.2, -0.15) is 0 Å². The fourth-order valence-electron chi connectivity index (χ4n) is 10.8. The predicted molar refractivity (Wildman–Crippen MR) is 218 cm³/mol. The fourth-order valence-corrected chi connectivity index (χ4v) is 12.5. The van der Waals surface area contributed by atoms with Gasteiger partial charge in [0.15, 0.2) is 0 Å². The standard InChI is InChI=1S/C43H61ClN4O5S/c1-30-6-4-17-43(50,28-46-18-14-36(15-19-46)47-20-22-52-23-21-47)38-11-8-34(38)26-48-27-42(16-5-7-32-24-35(44)10-12-37(32)42)29-53-40-13-9-33(25-39(40)48)41(49)45-54(3,51)31(30)2/h9-10,12-13,24-25,30-31,34,36,38,50H,3-8,11,14-23,26-29H2,1-2H3,(H,45,49,51)/t30-,31+,34-,38+,42-,43+,54?/m0/s1. The van der Waals surface area contributed by atoms with Crippen molar-refractivity contribution >= 4 is 38.8 Å². The number of likely N-dealkylation sites (tertiary alicyclic amines) is 1. The maximum absolute atomic E-state index is 14.0. The number of carbonyl (C=O) groups excluding carboxylic acids is 1. The van der Waals surface area contributed by atoms with Crippen molar-refractivity contribution in [1.29, 1.82) is 0 Å². The molecule has 1 spiro atoms. The van der Waals surface area contributed by atoms with Crippen molar-refractivity contribution < 1.29 is 23.6 Å². The molecule has 2 bridgehead atoms. The summed E-state index contributed by atoms with van der Waals surface area (Å²) in [6.45, 7) is 12.5. The summed E-state index contributed by atoms with van der Waals surface area (Å²) < 4.78 is 29.3. The molecule has 3 fully saturated rings. The van der Waals surface area contributed by atoms with Gasteiger partial charge >= 0.3 is 0 Å². The van der Waals surface area contributed by atoms with Gasteiger partial charge < -0.3 is 24.4 Å². The molecule has 2 N–H and O–H groups in total. The first-order valence-corrected chi connectivity index (χ1v) is 22.9. The first kappa shape index (κ1) is 38.5. The van der Waals surface area contributed by atoms with Crippen LogP contribution in [0.25, 0.3) is 0 Å². The molecule has 2 aliphatic carbocycles. The van der Waals surface area contributed by atoms with Crippen molar-refractivity contribution in [3.8, 4) is 5.75 Å². The van der Waals surface area contributed by atoms with Crippen LogP contribution in [0.1, 0.15) is 93.1 Å². The molecule has 4 aliphatic heterocycles. The van der Waals surface area contributed by atoms with Crippen LogP contribution in [0.4, 0.5) is 5.69 Å². The van der Waals surface area contributed by atoms with Gasteiger partial charge in [0.1, 0.15) is 5.75 Å². The van der Waals surface area contributed by atoms with E-state index >= 15 is 0 Å². The minimum absolute atomic E-state index is 0.0642. The number of halogens is 1. The largest absolute Gasteiger partial charge is 0.490 e. The lowest BCUT2D eigenvalue weighted by atomic mass is 9.62. The van der Waals surface area contributed by atoms with Crippen LogP contribution in [-0.2, 0) is 26.3 Å². The highest BCUT2D eigenvalue weighted by Crippen LogP contribution is 2.49. The van der Waals surface area contributed by atoms with E-state index in [0.29, 0.717) is 37.1 Å². The van der Waals surface area contributed by atoms with E-state index in [-0.39, 0.29) is 28.4 Å². The maximum Gasteiger partial charge on any atom is 0.262 e. The lowest BCUT2D eigenvalue weighted by molar-refractivity contribution is -0.110. The second-order valence-electron chi connectivity index (χ2n) is 17.7. The Morgan fingerprint density at radius 1 is 1.00 bits per heavy atom. The Morgan fingerprint density at radius 2 is 1.80 bits per heavy atom. The van der Waals surface area contributed by atoms with Crippen molar-refractivity contribution in [2.75, 3.05) is 70.5 Å². The number of carbonyl (C=O) groups is 1. The molecule has 2 aromatic carbocycles. The van der Waals surface area contributed by atoms with Crippen molar-refractivity contribution in [2.24, 2.45) is 17.8 Å². The van der Waals surface area contributed by atoms with Gasteiger partial charge in [0.05, 0.1) is 40.8 Å². The molecule has 0 aromatic heterocycles. The topological polar surface area (TPSA) is 94.6 Å². The number of β-amino-alcohol motifs (C(OH)–C–C–N with tert-alkyl or cyclic N) is 1. The van der Waals surface area contributed by atoms with Crippen LogP contribution in [0.15, 0.2) is 36.4 Å². The second-order valence-corrected chi connectivity index (χ2v) is 20.6. The van der Waals surface area contributed by atoms with Gasteiger partial charge in [0.25, 0.3) is 5.91 Å². The zero-order valence-electron chi connectivity index (χ0n) is 32.4. The maximum atomic E-state index is 14.0. The summed E-state index contributed by atoms with van der Waals surface area (Å²) in [6.07, 6.45) is 9.74. The number of hydrogen-bond donors (Lipinski definition) is 2. The van der Waals surface area contributed by atoms with E-state index in [1.165, 1.54) is 11.1 Å². The van der Waals surface area contributed by atoms with Gasteiger partial charge in [0, 0.05) is 60.0 Å². The van der Waals surface area contributed by atoms with Crippen molar-refractivity contribution in [2.45, 2.75) is 100 Å². The third kappa shape index (κ3) is 7.69. The first-order chi connectivity index (χ1) is 25.9. The summed E-state index contributed by atoms with van der Waals surface area (Å²) in [5.41, 5.74) is 2.88. The first-order valence-electron chi connectivity index (χ1n) is 20.7. The van der Waals surface area contributed by atoms with Crippen LogP contribution in [0.2, 0.25) is 5.02 Å². The van der Waals surface area contributed by atoms with Crippen molar-refractivity contribution in [3.05, 3.63) is 58.1 Å². The summed E-state index contributed by atoms with van der Waals surface area (Å²) >= 11 is 6.52. The Balaban J connectivity index is 1.12. The Labute approximate surface area is 328 Å². The Morgan fingerprint density at radius 3 is 2.56 bits per heavy atom. The van der Waals surface area contributed by atoms with Crippen LogP contribution in [0, 0.1) is 17.8 Å². The molecule has 296 valence electrons. The molecule has 1 unspecified atom stereocenters. The van der Waals surface area contributed by atoms with E-state index in [9.17, 15) is 14.1 Å². The van der Waals surface area contributed by atoms with Gasteiger partial charge in [-0.1, -0.05) is 31.0 Å². The average molecular weight is 782 g/mol. The highest BCUT2D eigenvalue weighted by Gasteiger charge is 2.49. The summed E-state index contributed by atoms with van der Waals surface area (Å²) in [5, 5.41) is 13.4. The van der Waals surface area contributed by atoms with E-state index < -0.39 is 15.3 Å². The number of nitrogens with one attached hydrogen (secondary N) is 1. The zero-order valence-corrected chi connectivity index (χ0v) is 34.0. The van der Waals surface area contributed by atoms with E-state index in [1.54, 1.807) is 6.07 Å². The number of benzene rings is 2. The Bertz CT molecular complexity index is 1800. The molecule has 7 atom stereocenters. The van der Waals surface area contributed by atoms with Crippen LogP contribution in [0.3, 0.4) is 0 Å². The van der Waals surface area contributed by atoms with Crippen LogP contribution in [-0.4, -0.2) is 113 Å². The molecular weight excluding hydrogens is 720 g/mol. The monoisotopic (exact) mass is 780 g/mol. The molecule has 9 nitrogen and oxygen atoms in total.